The van der Waals surface area contributed by atoms with Crippen molar-refractivity contribution in [2.75, 3.05) is 0 Å². The molecule has 0 aliphatic heterocycles. The number of esters is 1. The second kappa shape index (κ2) is 5.59. The monoisotopic (exact) mass is 348 g/mol. The highest BCUT2D eigenvalue weighted by Gasteiger charge is 2.60. The van der Waals surface area contributed by atoms with Crippen molar-refractivity contribution in [2.24, 2.45) is 34.5 Å². The van der Waals surface area contributed by atoms with E-state index < -0.39 is 5.97 Å². The molecular formula is C21H29FO3. The number of aliphatic hydroxyl groups excluding tert-OH is 1. The summed E-state index contributed by atoms with van der Waals surface area (Å²) in [7, 11) is 0. The molecule has 3 nitrogen and oxygen atoms in total. The third-order valence-corrected chi connectivity index (χ3v) is 8.06. The lowest BCUT2D eigenvalue weighted by Gasteiger charge is -2.58. The molecule has 0 spiro atoms. The summed E-state index contributed by atoms with van der Waals surface area (Å²) in [6.45, 7) is 5.83. The van der Waals surface area contributed by atoms with Gasteiger partial charge in [0.25, 0.3) is 0 Å². The topological polar surface area (TPSA) is 46.5 Å². The number of hydrogen-bond acceptors (Lipinski definition) is 3. The van der Waals surface area contributed by atoms with E-state index in [0.29, 0.717) is 35.7 Å². The van der Waals surface area contributed by atoms with E-state index >= 15 is 0 Å². The van der Waals surface area contributed by atoms with Crippen LogP contribution < -0.4 is 0 Å². The maximum absolute atomic E-state index is 14.7. The molecule has 4 rings (SSSR count). The SMILES string of the molecule is CC(=O)OC1=C(F)C[C@H]2[C@@H]3CCC4C=C(O)CC[C@]4(C)[C@@H]3CC[C@]12C. The molecule has 4 aliphatic carbocycles. The molecule has 0 bridgehead atoms. The van der Waals surface area contributed by atoms with Crippen LogP contribution in [0.15, 0.2) is 23.4 Å². The summed E-state index contributed by atoms with van der Waals surface area (Å²) in [6, 6.07) is 0. The fourth-order valence-electron chi connectivity index (χ4n) is 6.73. The van der Waals surface area contributed by atoms with Gasteiger partial charge in [-0.15, -0.1) is 0 Å². The first kappa shape index (κ1) is 17.1. The zero-order valence-corrected chi connectivity index (χ0v) is 15.5. The van der Waals surface area contributed by atoms with Crippen molar-refractivity contribution in [1.29, 1.82) is 0 Å². The minimum absolute atomic E-state index is 0.205. The highest BCUT2D eigenvalue weighted by Crippen LogP contribution is 2.67. The highest BCUT2D eigenvalue weighted by molar-refractivity contribution is 5.67. The number of fused-ring (bicyclic) bond motifs is 5. The predicted octanol–water partition coefficient (Wildman–Crippen LogP) is 5.44. The maximum Gasteiger partial charge on any atom is 0.307 e. The molecule has 138 valence electrons. The van der Waals surface area contributed by atoms with Crippen molar-refractivity contribution < 1.29 is 19.0 Å². The van der Waals surface area contributed by atoms with Crippen molar-refractivity contribution in [2.45, 2.75) is 65.7 Å². The fraction of sp³-hybridized carbons (Fsp3) is 0.762. The molecule has 4 aliphatic rings. The zero-order chi connectivity index (χ0) is 18.0. The number of halogens is 1. The number of hydrogen-bond donors (Lipinski definition) is 1. The van der Waals surface area contributed by atoms with Gasteiger partial charge < -0.3 is 9.84 Å². The molecule has 0 aromatic carbocycles. The smallest absolute Gasteiger partial charge is 0.307 e. The predicted molar refractivity (Wildman–Crippen MR) is 93.1 cm³/mol. The van der Waals surface area contributed by atoms with Crippen LogP contribution in [-0.4, -0.2) is 11.1 Å². The van der Waals surface area contributed by atoms with Gasteiger partial charge in [0.05, 0.1) is 5.76 Å². The fourth-order valence-corrected chi connectivity index (χ4v) is 6.73. The van der Waals surface area contributed by atoms with E-state index in [-0.39, 0.29) is 22.6 Å². The van der Waals surface area contributed by atoms with Gasteiger partial charge in [0.15, 0.2) is 0 Å². The second-order valence-corrected chi connectivity index (χ2v) is 9.21. The Morgan fingerprint density at radius 1 is 1.24 bits per heavy atom. The van der Waals surface area contributed by atoms with E-state index in [2.05, 4.69) is 19.9 Å². The molecule has 25 heavy (non-hydrogen) atoms. The molecule has 4 heteroatoms. The average Bonchev–Trinajstić information content (AvgIpc) is 2.79. The zero-order valence-electron chi connectivity index (χ0n) is 15.5. The number of aliphatic hydroxyl groups is 1. The van der Waals surface area contributed by atoms with Crippen LogP contribution in [0.4, 0.5) is 4.39 Å². The number of allylic oxidation sites excluding steroid dienone is 4. The summed E-state index contributed by atoms with van der Waals surface area (Å²) in [5, 5.41) is 9.96. The number of rotatable bonds is 1. The number of carbonyl (C=O) groups excluding carboxylic acids is 1. The quantitative estimate of drug-likeness (QED) is 0.642. The van der Waals surface area contributed by atoms with Crippen LogP contribution in [0, 0.1) is 34.5 Å². The van der Waals surface area contributed by atoms with Gasteiger partial charge in [0.2, 0.25) is 0 Å². The van der Waals surface area contributed by atoms with Gasteiger partial charge in [0, 0.05) is 25.2 Å². The van der Waals surface area contributed by atoms with E-state index in [0.717, 1.165) is 38.5 Å². The first-order chi connectivity index (χ1) is 11.8. The molecule has 0 heterocycles. The van der Waals surface area contributed by atoms with Gasteiger partial charge in [-0.1, -0.05) is 13.8 Å². The van der Waals surface area contributed by atoms with Crippen molar-refractivity contribution in [3.8, 4) is 0 Å². The summed E-state index contributed by atoms with van der Waals surface area (Å²) in [5.74, 6) is 1.96. The van der Waals surface area contributed by atoms with E-state index in [1.165, 1.54) is 6.92 Å². The van der Waals surface area contributed by atoms with Crippen LogP contribution in [-0.2, 0) is 9.53 Å². The van der Waals surface area contributed by atoms with Gasteiger partial charge >= 0.3 is 5.97 Å². The van der Waals surface area contributed by atoms with Crippen LogP contribution >= 0.6 is 0 Å². The van der Waals surface area contributed by atoms with Gasteiger partial charge in [-0.05, 0) is 67.3 Å². The summed E-state index contributed by atoms with van der Waals surface area (Å²) in [4.78, 5) is 11.5. The molecule has 1 N–H and O–H groups in total. The Hall–Kier alpha value is -1.32. The molecule has 2 saturated carbocycles. The Labute approximate surface area is 149 Å². The number of ether oxygens (including phenoxy) is 1. The van der Waals surface area contributed by atoms with E-state index in [1.54, 1.807) is 0 Å². The average molecular weight is 348 g/mol. The highest BCUT2D eigenvalue weighted by atomic mass is 19.1. The Balaban J connectivity index is 1.64. The Morgan fingerprint density at radius 2 is 2.00 bits per heavy atom. The Bertz CT molecular complexity index is 666. The van der Waals surface area contributed by atoms with Crippen LogP contribution in [0.1, 0.15) is 65.7 Å². The Kier molecular flexibility index (Phi) is 3.82. The molecule has 0 aromatic rings. The van der Waals surface area contributed by atoms with E-state index in [4.69, 9.17) is 4.74 Å². The summed E-state index contributed by atoms with van der Waals surface area (Å²) in [6.07, 6.45) is 8.38. The van der Waals surface area contributed by atoms with E-state index in [9.17, 15) is 14.3 Å². The lowest BCUT2D eigenvalue weighted by molar-refractivity contribution is -0.141. The molecule has 2 fully saturated rings. The van der Waals surface area contributed by atoms with E-state index in [1.807, 2.05) is 0 Å². The molecule has 0 saturated heterocycles. The van der Waals surface area contributed by atoms with Gasteiger partial charge in [0.1, 0.15) is 11.6 Å². The van der Waals surface area contributed by atoms with Gasteiger partial charge in [-0.3, -0.25) is 4.79 Å². The maximum atomic E-state index is 14.7. The van der Waals surface area contributed by atoms with Gasteiger partial charge in [-0.2, -0.15) is 0 Å². The first-order valence-corrected chi connectivity index (χ1v) is 9.73. The Morgan fingerprint density at radius 3 is 2.72 bits per heavy atom. The molecule has 0 amide bonds. The van der Waals surface area contributed by atoms with Gasteiger partial charge in [-0.25, -0.2) is 4.39 Å². The summed E-state index contributed by atoms with van der Waals surface area (Å²) < 4.78 is 20.0. The van der Waals surface area contributed by atoms with Crippen LogP contribution in [0.2, 0.25) is 0 Å². The lowest BCUT2D eigenvalue weighted by Crippen LogP contribution is -2.52. The third-order valence-electron chi connectivity index (χ3n) is 8.06. The normalized spacial score (nSPS) is 46.0. The van der Waals surface area contributed by atoms with Crippen molar-refractivity contribution in [1.82, 2.24) is 0 Å². The van der Waals surface area contributed by atoms with Crippen LogP contribution in [0.25, 0.3) is 0 Å². The number of carbonyl (C=O) groups is 1. The molecule has 0 aromatic heterocycles. The minimum atomic E-state index is -0.419. The largest absolute Gasteiger partial charge is 0.513 e. The third kappa shape index (κ3) is 2.39. The second-order valence-electron chi connectivity index (χ2n) is 9.21. The summed E-state index contributed by atoms with van der Waals surface area (Å²) in [5.41, 5.74) is -0.135. The lowest BCUT2D eigenvalue weighted by atomic mass is 9.46. The summed E-state index contributed by atoms with van der Waals surface area (Å²) >= 11 is 0. The molecular weight excluding hydrogens is 319 g/mol. The standard InChI is InChI=1S/C21H29FO3/c1-12(23)25-19-18(22)11-17-15-5-4-13-10-14(24)6-8-20(13,2)16(15)7-9-21(17,19)3/h10,13,15-17,24H,4-9,11H2,1-3H3/t13?,15-,16-,17+,20+,21+/m1/s1. The molecule has 6 atom stereocenters. The van der Waals surface area contributed by atoms with Crippen LogP contribution in [0.5, 0.6) is 0 Å². The molecule has 1 unspecified atom stereocenters. The van der Waals surface area contributed by atoms with Crippen LogP contribution in [0.3, 0.4) is 0 Å². The minimum Gasteiger partial charge on any atom is -0.513 e. The van der Waals surface area contributed by atoms with Crippen molar-refractivity contribution in [3.63, 3.8) is 0 Å². The van der Waals surface area contributed by atoms with Crippen molar-refractivity contribution >= 4 is 5.97 Å². The van der Waals surface area contributed by atoms with Crippen molar-refractivity contribution in [3.05, 3.63) is 23.4 Å². The molecule has 0 radical (unpaired) electrons. The first-order valence-electron chi connectivity index (χ1n) is 9.73.